The number of benzene rings is 2. The molecule has 43 heavy (non-hydrogen) atoms. The van der Waals surface area contributed by atoms with E-state index in [4.69, 9.17) is 10.7 Å². The molecule has 1 atom stereocenters. The largest absolute Gasteiger partial charge is 0.381 e. The lowest BCUT2D eigenvalue weighted by Crippen LogP contribution is -2.36. The van der Waals surface area contributed by atoms with Crippen molar-refractivity contribution in [1.29, 1.82) is 0 Å². The number of carbonyl (C=O) groups excluding carboxylic acids is 2. The molecule has 4 heterocycles. The van der Waals surface area contributed by atoms with Crippen LogP contribution < -0.4 is 16.6 Å². The van der Waals surface area contributed by atoms with Crippen molar-refractivity contribution < 1.29 is 9.59 Å². The molecule has 11 nitrogen and oxygen atoms in total. The molecular weight excluding hydrogens is 544 g/mol. The number of para-hydroxylation sites is 1. The minimum absolute atomic E-state index is 0.0468. The van der Waals surface area contributed by atoms with Crippen LogP contribution in [-0.2, 0) is 4.79 Å². The molecule has 1 aliphatic rings. The Hall–Kier alpha value is -5.50. The average molecular weight is 575 g/mol. The maximum atomic E-state index is 14.2. The van der Waals surface area contributed by atoms with Crippen molar-refractivity contribution in [3.8, 4) is 17.5 Å². The number of nitrogens with zero attached hydrogens (tertiary/aromatic N) is 6. The Balaban J connectivity index is 1.40. The van der Waals surface area contributed by atoms with Gasteiger partial charge in [-0.05, 0) is 50.1 Å². The highest BCUT2D eigenvalue weighted by Gasteiger charge is 2.25. The number of fused-ring (bicyclic) bond motifs is 2. The Bertz CT molecular complexity index is 1980. The molecule has 3 aromatic heterocycles. The number of nitrogens with two attached hydrogens (primary N) is 1. The van der Waals surface area contributed by atoms with E-state index in [1.165, 1.54) is 9.08 Å². The second-order valence-corrected chi connectivity index (χ2v) is 10.5. The Morgan fingerprint density at radius 3 is 2.58 bits per heavy atom. The second-order valence-electron chi connectivity index (χ2n) is 10.5. The van der Waals surface area contributed by atoms with E-state index in [0.717, 1.165) is 12.8 Å². The number of piperidine rings is 1. The molecule has 0 bridgehead atoms. The number of nitrogens with one attached hydrogen (secondary N) is 1. The molecule has 0 aliphatic carbocycles. The first-order chi connectivity index (χ1) is 20.8. The molecule has 0 spiro atoms. The van der Waals surface area contributed by atoms with Crippen molar-refractivity contribution in [1.82, 2.24) is 34.4 Å². The van der Waals surface area contributed by atoms with E-state index in [2.05, 4.69) is 27.2 Å². The highest BCUT2D eigenvalue weighted by Crippen LogP contribution is 2.23. The Labute approximate surface area is 247 Å². The molecule has 3 N–H and O–H groups in total. The van der Waals surface area contributed by atoms with Gasteiger partial charge in [-0.3, -0.25) is 19.0 Å². The van der Waals surface area contributed by atoms with E-state index in [1.54, 1.807) is 38.4 Å². The van der Waals surface area contributed by atoms with Crippen molar-refractivity contribution in [2.45, 2.75) is 32.7 Å². The van der Waals surface area contributed by atoms with Crippen LogP contribution in [0.3, 0.4) is 0 Å². The van der Waals surface area contributed by atoms with Gasteiger partial charge in [-0.2, -0.15) is 0 Å². The van der Waals surface area contributed by atoms with Gasteiger partial charge in [0.1, 0.15) is 11.4 Å². The van der Waals surface area contributed by atoms with E-state index in [9.17, 15) is 14.4 Å². The molecule has 1 aliphatic heterocycles. The first kappa shape index (κ1) is 27.7. The topological polar surface area (TPSA) is 141 Å². The number of rotatable bonds is 4. The maximum Gasteiger partial charge on any atom is 0.267 e. The summed E-state index contributed by atoms with van der Waals surface area (Å²) in [6.45, 7) is 4.70. The van der Waals surface area contributed by atoms with Gasteiger partial charge in [-0.15, -0.1) is 5.10 Å². The van der Waals surface area contributed by atoms with Gasteiger partial charge < -0.3 is 16.0 Å². The molecule has 216 valence electrons. The number of anilines is 1. The normalized spacial score (nSPS) is 14.3. The molecular formula is C32H30N8O3. The Morgan fingerprint density at radius 1 is 1.07 bits per heavy atom. The van der Waals surface area contributed by atoms with Gasteiger partial charge in [0.15, 0.2) is 11.5 Å². The molecule has 0 radical (unpaired) electrons. The van der Waals surface area contributed by atoms with Gasteiger partial charge in [0.25, 0.3) is 11.5 Å². The quantitative estimate of drug-likeness (QED) is 0.314. The molecule has 1 fully saturated rings. The number of hydrogen-bond acceptors (Lipinski definition) is 7. The van der Waals surface area contributed by atoms with Crippen LogP contribution in [0.1, 0.15) is 54.5 Å². The second kappa shape index (κ2) is 11.4. The van der Waals surface area contributed by atoms with Gasteiger partial charge >= 0.3 is 0 Å². The first-order valence-electron chi connectivity index (χ1n) is 14.1. The Morgan fingerprint density at radius 2 is 1.84 bits per heavy atom. The van der Waals surface area contributed by atoms with Gasteiger partial charge in [0.05, 0.1) is 22.6 Å². The minimum Gasteiger partial charge on any atom is -0.381 e. The fraction of sp³-hybridized carbons (Fsp3) is 0.250. The summed E-state index contributed by atoms with van der Waals surface area (Å²) in [5.74, 6) is 6.69. The maximum absolute atomic E-state index is 14.2. The lowest BCUT2D eigenvalue weighted by Gasteiger charge is -2.28. The lowest BCUT2D eigenvalue weighted by molar-refractivity contribution is -0.129. The number of likely N-dealkylation sites (tertiary alicyclic amines) is 1. The van der Waals surface area contributed by atoms with Crippen LogP contribution in [-0.4, -0.2) is 54.0 Å². The third-order valence-electron chi connectivity index (χ3n) is 7.67. The van der Waals surface area contributed by atoms with Crippen LogP contribution in [0, 0.1) is 17.8 Å². The van der Waals surface area contributed by atoms with E-state index >= 15 is 0 Å². The molecule has 2 aromatic carbocycles. The predicted octanol–water partition coefficient (Wildman–Crippen LogP) is 3.11. The fourth-order valence-corrected chi connectivity index (χ4v) is 5.44. The summed E-state index contributed by atoms with van der Waals surface area (Å²) in [7, 11) is 0. The number of amides is 2. The number of nitrogen functional groups attached to an aromatic ring is 1. The minimum atomic E-state index is -0.691. The summed E-state index contributed by atoms with van der Waals surface area (Å²) in [4.78, 5) is 50.3. The number of carbonyl (C=O) groups is 2. The van der Waals surface area contributed by atoms with Gasteiger partial charge in [-0.1, -0.05) is 36.1 Å². The molecule has 0 unspecified atom stereocenters. The highest BCUT2D eigenvalue weighted by molar-refractivity contribution is 6.04. The summed E-state index contributed by atoms with van der Waals surface area (Å²) in [6.07, 6.45) is 4.80. The van der Waals surface area contributed by atoms with Crippen LogP contribution in [0.5, 0.6) is 0 Å². The predicted molar refractivity (Wildman–Crippen MR) is 162 cm³/mol. The summed E-state index contributed by atoms with van der Waals surface area (Å²) >= 11 is 0. The van der Waals surface area contributed by atoms with Gasteiger partial charge in [0, 0.05) is 43.9 Å². The average Bonchev–Trinajstić information content (AvgIpc) is 3.36. The summed E-state index contributed by atoms with van der Waals surface area (Å²) in [5, 5.41) is 7.52. The van der Waals surface area contributed by atoms with Crippen molar-refractivity contribution in [2.24, 2.45) is 5.92 Å². The van der Waals surface area contributed by atoms with Crippen molar-refractivity contribution >= 4 is 34.2 Å². The van der Waals surface area contributed by atoms with Crippen molar-refractivity contribution in [3.63, 3.8) is 0 Å². The van der Waals surface area contributed by atoms with E-state index in [0.29, 0.717) is 46.7 Å². The summed E-state index contributed by atoms with van der Waals surface area (Å²) in [5.41, 5.74) is 7.92. The molecule has 6 rings (SSSR count). The molecule has 0 saturated carbocycles. The SMILES string of the molecule is CC(=O)N1CCC(C#Cc2cccc3nc([C@H](C)NC(=O)c4c(N)nn5cccnc45)n(-c4ccccc4)c(=O)c23)CC1. The smallest absolute Gasteiger partial charge is 0.267 e. The zero-order valence-corrected chi connectivity index (χ0v) is 23.8. The Kier molecular flexibility index (Phi) is 7.34. The van der Waals surface area contributed by atoms with E-state index in [-0.39, 0.29) is 28.8 Å². The third kappa shape index (κ3) is 5.30. The van der Waals surface area contributed by atoms with E-state index < -0.39 is 11.9 Å². The fourth-order valence-electron chi connectivity index (χ4n) is 5.44. The van der Waals surface area contributed by atoms with Gasteiger partial charge in [0.2, 0.25) is 5.91 Å². The highest BCUT2D eigenvalue weighted by atomic mass is 16.2. The molecule has 2 amide bonds. The monoisotopic (exact) mass is 574 g/mol. The third-order valence-corrected chi connectivity index (χ3v) is 7.67. The van der Waals surface area contributed by atoms with Gasteiger partial charge in [-0.25, -0.2) is 14.5 Å². The number of hydrogen-bond donors (Lipinski definition) is 2. The van der Waals surface area contributed by atoms with Crippen LogP contribution in [0.25, 0.3) is 22.2 Å². The van der Waals surface area contributed by atoms with Crippen molar-refractivity contribution in [2.75, 3.05) is 18.8 Å². The standard InChI is InChI=1S/C32H30N8O3/c1-20(35-31(42)27-28(33)37-39-17-7-16-34-30(27)39)29-36-25-11-6-8-23(13-12-22-14-18-38(19-15-22)21(2)41)26(25)32(43)40(29)24-9-4-3-5-10-24/h3-11,16-17,20,22H,14-15,18-19H2,1-2H3,(H2,33,37)(H,35,42)/t20-/m0/s1. The summed E-state index contributed by atoms with van der Waals surface area (Å²) < 4.78 is 2.96. The van der Waals surface area contributed by atoms with Crippen LogP contribution >= 0.6 is 0 Å². The number of aromatic nitrogens is 5. The van der Waals surface area contributed by atoms with E-state index in [1.807, 2.05) is 47.4 Å². The molecule has 5 aromatic rings. The zero-order chi connectivity index (χ0) is 30.1. The first-order valence-corrected chi connectivity index (χ1v) is 14.1. The molecule has 11 heteroatoms. The van der Waals surface area contributed by atoms with Crippen molar-refractivity contribution in [3.05, 3.63) is 94.3 Å². The zero-order valence-electron chi connectivity index (χ0n) is 23.8. The molecule has 1 saturated heterocycles. The lowest BCUT2D eigenvalue weighted by atomic mass is 9.96. The van der Waals surface area contributed by atoms with Crippen LogP contribution in [0.2, 0.25) is 0 Å². The van der Waals surface area contributed by atoms with Crippen LogP contribution in [0.15, 0.2) is 71.8 Å². The summed E-state index contributed by atoms with van der Waals surface area (Å²) in [6, 6.07) is 15.6. The van der Waals surface area contributed by atoms with Crippen LogP contribution in [0.4, 0.5) is 5.82 Å².